The van der Waals surface area contributed by atoms with Crippen LogP contribution in [0.3, 0.4) is 0 Å². The lowest BCUT2D eigenvalue weighted by Gasteiger charge is -2.44. The van der Waals surface area contributed by atoms with Crippen molar-refractivity contribution in [3.63, 3.8) is 0 Å². The summed E-state index contributed by atoms with van der Waals surface area (Å²) in [5.41, 5.74) is 7.11. The van der Waals surface area contributed by atoms with Gasteiger partial charge in [0, 0.05) is 6.54 Å². The van der Waals surface area contributed by atoms with Crippen molar-refractivity contribution in [2.45, 2.75) is 19.4 Å². The van der Waals surface area contributed by atoms with Gasteiger partial charge in [-0.2, -0.15) is 0 Å². The first-order chi connectivity index (χ1) is 7.50. The highest BCUT2D eigenvalue weighted by Crippen LogP contribution is 2.31. The first-order valence-corrected chi connectivity index (χ1v) is 5.41. The van der Waals surface area contributed by atoms with E-state index in [1.807, 2.05) is 0 Å². The van der Waals surface area contributed by atoms with Crippen LogP contribution in [-0.4, -0.2) is 25.3 Å². The molecule has 0 spiro atoms. The van der Waals surface area contributed by atoms with E-state index in [1.165, 1.54) is 12.1 Å². The largest absolute Gasteiger partial charge is 0.397 e. The minimum Gasteiger partial charge on any atom is -0.397 e. The second-order valence-corrected chi connectivity index (χ2v) is 4.72. The number of hydrogen-bond donors (Lipinski definition) is 1. The predicted octanol–water partition coefficient (Wildman–Crippen LogP) is 2.02. The van der Waals surface area contributed by atoms with Crippen LogP contribution in [0, 0.1) is 5.82 Å². The molecule has 0 radical (unpaired) electrons. The number of nitrogens with zero attached hydrogens (tertiary/aromatic N) is 1. The summed E-state index contributed by atoms with van der Waals surface area (Å²) in [7, 11) is 0. The molecule has 0 bridgehead atoms. The lowest BCUT2D eigenvalue weighted by molar-refractivity contribution is 0.0644. The lowest BCUT2D eigenvalue weighted by atomic mass is 10.0. The number of ether oxygens (including phenoxy) is 1. The minimum atomic E-state index is -0.258. The lowest BCUT2D eigenvalue weighted by Crippen LogP contribution is -2.53. The first kappa shape index (κ1) is 11.2. The molecule has 3 nitrogen and oxygen atoms in total. The van der Waals surface area contributed by atoms with E-state index in [2.05, 4.69) is 18.7 Å². The molecule has 0 atom stereocenters. The number of benzene rings is 1. The fraction of sp³-hybridized carbons (Fsp3) is 0.500. The third kappa shape index (κ3) is 1.97. The summed E-state index contributed by atoms with van der Waals surface area (Å²) in [6.07, 6.45) is 0. The highest BCUT2D eigenvalue weighted by atomic mass is 19.1. The molecule has 0 aliphatic carbocycles. The summed E-state index contributed by atoms with van der Waals surface area (Å²) in [5, 5.41) is 0. The van der Waals surface area contributed by atoms with Gasteiger partial charge in [0.25, 0.3) is 0 Å². The van der Waals surface area contributed by atoms with Crippen LogP contribution in [-0.2, 0) is 4.74 Å². The molecule has 16 heavy (non-hydrogen) atoms. The van der Waals surface area contributed by atoms with Gasteiger partial charge < -0.3 is 15.4 Å². The fourth-order valence-electron chi connectivity index (χ4n) is 2.06. The van der Waals surface area contributed by atoms with Crippen molar-refractivity contribution in [1.82, 2.24) is 0 Å². The van der Waals surface area contributed by atoms with Gasteiger partial charge in [0.1, 0.15) is 5.82 Å². The van der Waals surface area contributed by atoms with Crippen LogP contribution in [0.25, 0.3) is 0 Å². The van der Waals surface area contributed by atoms with Gasteiger partial charge in [-0.05, 0) is 32.0 Å². The van der Waals surface area contributed by atoms with E-state index in [0.29, 0.717) is 18.9 Å². The number of halogens is 1. The monoisotopic (exact) mass is 224 g/mol. The zero-order chi connectivity index (χ0) is 11.8. The van der Waals surface area contributed by atoms with Crippen molar-refractivity contribution in [3.8, 4) is 0 Å². The maximum Gasteiger partial charge on any atom is 0.125 e. The number of hydrogen-bond acceptors (Lipinski definition) is 3. The summed E-state index contributed by atoms with van der Waals surface area (Å²) < 4.78 is 18.7. The Morgan fingerprint density at radius 2 is 2.19 bits per heavy atom. The fourth-order valence-corrected chi connectivity index (χ4v) is 2.06. The summed E-state index contributed by atoms with van der Waals surface area (Å²) >= 11 is 0. The SMILES string of the molecule is CC1(C)COCCN1c1cc(F)ccc1N. The molecule has 1 heterocycles. The third-order valence-electron chi connectivity index (χ3n) is 2.93. The summed E-state index contributed by atoms with van der Waals surface area (Å²) in [4.78, 5) is 2.11. The van der Waals surface area contributed by atoms with Gasteiger partial charge in [0.05, 0.1) is 30.1 Å². The quantitative estimate of drug-likeness (QED) is 0.742. The van der Waals surface area contributed by atoms with Crippen molar-refractivity contribution in [3.05, 3.63) is 24.0 Å². The van der Waals surface area contributed by atoms with E-state index < -0.39 is 0 Å². The molecule has 1 aliphatic rings. The first-order valence-electron chi connectivity index (χ1n) is 5.41. The van der Waals surface area contributed by atoms with Gasteiger partial charge in [-0.1, -0.05) is 0 Å². The van der Waals surface area contributed by atoms with Crippen LogP contribution in [0.15, 0.2) is 18.2 Å². The highest BCUT2D eigenvalue weighted by molar-refractivity contribution is 5.68. The molecule has 2 N–H and O–H groups in total. The Balaban J connectivity index is 2.38. The minimum absolute atomic E-state index is 0.153. The molecule has 1 aliphatic heterocycles. The van der Waals surface area contributed by atoms with Gasteiger partial charge in [-0.25, -0.2) is 4.39 Å². The van der Waals surface area contributed by atoms with E-state index in [4.69, 9.17) is 10.5 Å². The topological polar surface area (TPSA) is 38.5 Å². The Labute approximate surface area is 95.0 Å². The maximum absolute atomic E-state index is 13.2. The summed E-state index contributed by atoms with van der Waals surface area (Å²) in [6, 6.07) is 4.48. The zero-order valence-electron chi connectivity index (χ0n) is 9.66. The molecule has 1 aromatic carbocycles. The molecule has 0 saturated carbocycles. The second-order valence-electron chi connectivity index (χ2n) is 4.72. The van der Waals surface area contributed by atoms with Gasteiger partial charge in [-0.3, -0.25) is 0 Å². The van der Waals surface area contributed by atoms with E-state index >= 15 is 0 Å². The Morgan fingerprint density at radius 1 is 1.44 bits per heavy atom. The van der Waals surface area contributed by atoms with Gasteiger partial charge in [0.15, 0.2) is 0 Å². The van der Waals surface area contributed by atoms with Crippen molar-refractivity contribution >= 4 is 11.4 Å². The normalized spacial score (nSPS) is 19.8. The third-order valence-corrected chi connectivity index (χ3v) is 2.93. The van der Waals surface area contributed by atoms with Crippen molar-refractivity contribution < 1.29 is 9.13 Å². The molecule has 1 saturated heterocycles. The van der Waals surface area contributed by atoms with Crippen LogP contribution < -0.4 is 10.6 Å². The standard InChI is InChI=1S/C12H17FN2O/c1-12(2)8-16-6-5-15(12)11-7-9(13)3-4-10(11)14/h3-4,7H,5-6,8,14H2,1-2H3. The summed E-state index contributed by atoms with van der Waals surface area (Å²) in [5.74, 6) is -0.258. The van der Waals surface area contributed by atoms with E-state index in [1.54, 1.807) is 6.07 Å². The molecule has 1 aromatic rings. The molecule has 0 amide bonds. The van der Waals surface area contributed by atoms with E-state index in [-0.39, 0.29) is 11.4 Å². The molecule has 0 aromatic heterocycles. The zero-order valence-corrected chi connectivity index (χ0v) is 9.66. The van der Waals surface area contributed by atoms with Crippen LogP contribution in [0.5, 0.6) is 0 Å². The predicted molar refractivity (Wildman–Crippen MR) is 63.1 cm³/mol. The van der Waals surface area contributed by atoms with E-state index in [9.17, 15) is 4.39 Å². The average molecular weight is 224 g/mol. The average Bonchev–Trinajstić information content (AvgIpc) is 2.22. The second kappa shape index (κ2) is 3.94. The number of nitrogen functional groups attached to an aromatic ring is 1. The summed E-state index contributed by atoms with van der Waals surface area (Å²) in [6.45, 7) is 6.15. The van der Waals surface area contributed by atoms with E-state index in [0.717, 1.165) is 12.2 Å². The molecular formula is C12H17FN2O. The Hall–Kier alpha value is -1.29. The highest BCUT2D eigenvalue weighted by Gasteiger charge is 2.31. The van der Waals surface area contributed by atoms with Crippen molar-refractivity contribution in [1.29, 1.82) is 0 Å². The van der Waals surface area contributed by atoms with Crippen molar-refractivity contribution in [2.24, 2.45) is 0 Å². The molecular weight excluding hydrogens is 207 g/mol. The smallest absolute Gasteiger partial charge is 0.125 e. The van der Waals surface area contributed by atoms with Crippen molar-refractivity contribution in [2.75, 3.05) is 30.4 Å². The number of morpholine rings is 1. The molecule has 4 heteroatoms. The Kier molecular flexibility index (Phi) is 2.76. The number of nitrogens with two attached hydrogens (primary N) is 1. The van der Waals surface area contributed by atoms with Crippen LogP contribution in [0.4, 0.5) is 15.8 Å². The van der Waals surface area contributed by atoms with Gasteiger partial charge in [-0.15, -0.1) is 0 Å². The Bertz CT molecular complexity index is 393. The molecule has 2 rings (SSSR count). The van der Waals surface area contributed by atoms with Gasteiger partial charge in [0.2, 0.25) is 0 Å². The molecule has 88 valence electrons. The molecule has 0 unspecified atom stereocenters. The number of anilines is 2. The number of rotatable bonds is 1. The van der Waals surface area contributed by atoms with Crippen LogP contribution in [0.2, 0.25) is 0 Å². The van der Waals surface area contributed by atoms with Gasteiger partial charge >= 0.3 is 0 Å². The van der Waals surface area contributed by atoms with Crippen LogP contribution in [0.1, 0.15) is 13.8 Å². The Morgan fingerprint density at radius 3 is 2.88 bits per heavy atom. The van der Waals surface area contributed by atoms with Crippen LogP contribution >= 0.6 is 0 Å². The maximum atomic E-state index is 13.2. The molecule has 1 fully saturated rings.